The van der Waals surface area contributed by atoms with Crippen molar-refractivity contribution in [2.24, 2.45) is 0 Å². The molecule has 0 aliphatic rings. The Balaban J connectivity index is 1.85. The van der Waals surface area contributed by atoms with Gasteiger partial charge in [0.1, 0.15) is 5.75 Å². The van der Waals surface area contributed by atoms with Crippen molar-refractivity contribution >= 4 is 6.09 Å². The summed E-state index contributed by atoms with van der Waals surface area (Å²) < 4.78 is 45.5. The van der Waals surface area contributed by atoms with Gasteiger partial charge in [-0.3, -0.25) is 0 Å². The van der Waals surface area contributed by atoms with E-state index in [0.29, 0.717) is 13.2 Å². The summed E-state index contributed by atoms with van der Waals surface area (Å²) in [4.78, 5) is 11.6. The van der Waals surface area contributed by atoms with Crippen molar-refractivity contribution in [2.75, 3.05) is 6.61 Å². The smallest absolute Gasteiger partial charge is 0.450 e. The van der Waals surface area contributed by atoms with Gasteiger partial charge in [-0.25, -0.2) is 4.79 Å². The van der Waals surface area contributed by atoms with Gasteiger partial charge >= 0.3 is 12.5 Å². The monoisotopic (exact) mass is 381 g/mol. The summed E-state index contributed by atoms with van der Waals surface area (Å²) in [5, 5.41) is 2.68. The maximum Gasteiger partial charge on any atom is 0.573 e. The van der Waals surface area contributed by atoms with Crippen LogP contribution in [0.15, 0.2) is 48.5 Å². The average Bonchev–Trinajstić information content (AvgIpc) is 2.63. The van der Waals surface area contributed by atoms with Gasteiger partial charge in [0.2, 0.25) is 0 Å². The van der Waals surface area contributed by atoms with Gasteiger partial charge in [0, 0.05) is 6.54 Å². The lowest BCUT2D eigenvalue weighted by atomic mass is 10.0. The predicted molar refractivity (Wildman–Crippen MR) is 96.3 cm³/mol. The third-order valence-corrected chi connectivity index (χ3v) is 3.79. The number of rotatable bonds is 8. The van der Waals surface area contributed by atoms with E-state index >= 15 is 0 Å². The number of carbonyl (C=O) groups excluding carboxylic acids is 1. The highest BCUT2D eigenvalue weighted by molar-refractivity contribution is 5.67. The molecular weight excluding hydrogens is 359 g/mol. The third kappa shape index (κ3) is 7.60. The predicted octanol–water partition coefficient (Wildman–Crippen LogP) is 5.67. The van der Waals surface area contributed by atoms with Crippen LogP contribution in [0.3, 0.4) is 0 Å². The van der Waals surface area contributed by atoms with E-state index in [1.807, 2.05) is 24.3 Å². The molecule has 0 atom stereocenters. The highest BCUT2D eigenvalue weighted by Crippen LogP contribution is 2.26. The summed E-state index contributed by atoms with van der Waals surface area (Å²) in [5.41, 5.74) is 2.50. The molecule has 0 unspecified atom stereocenters. The fourth-order valence-corrected chi connectivity index (χ4v) is 2.41. The Morgan fingerprint density at radius 2 is 1.56 bits per heavy atom. The zero-order chi connectivity index (χ0) is 19.7. The second kappa shape index (κ2) is 9.85. The van der Waals surface area contributed by atoms with Crippen LogP contribution in [0.4, 0.5) is 18.0 Å². The standard InChI is InChI=1S/C20H22F3NO3/c1-2-3-4-13-26-19(25)24-14-15-5-7-16(8-6-15)17-9-11-18(12-10-17)27-20(21,22)23/h5-12H,2-4,13-14H2,1H3,(H,24,25). The second-order valence-corrected chi connectivity index (χ2v) is 5.97. The highest BCUT2D eigenvalue weighted by atomic mass is 19.4. The fourth-order valence-electron chi connectivity index (χ4n) is 2.41. The first-order valence-electron chi connectivity index (χ1n) is 8.73. The molecule has 7 heteroatoms. The van der Waals surface area contributed by atoms with Crippen LogP contribution < -0.4 is 10.1 Å². The van der Waals surface area contributed by atoms with Crippen LogP contribution in [-0.2, 0) is 11.3 Å². The molecule has 1 amide bonds. The number of benzene rings is 2. The molecule has 0 saturated carbocycles. The molecular formula is C20H22F3NO3. The first-order chi connectivity index (χ1) is 12.9. The first-order valence-corrected chi connectivity index (χ1v) is 8.73. The quantitative estimate of drug-likeness (QED) is 0.600. The number of ether oxygens (including phenoxy) is 2. The van der Waals surface area contributed by atoms with Gasteiger partial charge in [0.25, 0.3) is 0 Å². The van der Waals surface area contributed by atoms with Crippen LogP contribution >= 0.6 is 0 Å². The van der Waals surface area contributed by atoms with Crippen LogP contribution in [0, 0.1) is 0 Å². The topological polar surface area (TPSA) is 47.6 Å². The number of alkyl carbamates (subject to hydrolysis) is 1. The molecule has 2 aromatic carbocycles. The summed E-state index contributed by atoms with van der Waals surface area (Å²) in [6, 6.07) is 13.0. The maximum atomic E-state index is 12.2. The van der Waals surface area contributed by atoms with Gasteiger partial charge in [-0.15, -0.1) is 13.2 Å². The SMILES string of the molecule is CCCCCOC(=O)NCc1ccc(-c2ccc(OC(F)(F)F)cc2)cc1. The molecule has 4 nitrogen and oxygen atoms in total. The number of hydrogen-bond acceptors (Lipinski definition) is 3. The van der Waals surface area contributed by atoms with Gasteiger partial charge in [-0.1, -0.05) is 56.2 Å². The van der Waals surface area contributed by atoms with E-state index in [1.54, 1.807) is 12.1 Å². The second-order valence-electron chi connectivity index (χ2n) is 5.97. The molecule has 0 aromatic heterocycles. The number of amides is 1. The molecule has 0 fully saturated rings. The molecule has 0 aliphatic heterocycles. The molecule has 0 aliphatic carbocycles. The van der Waals surface area contributed by atoms with Crippen molar-refractivity contribution in [3.8, 4) is 16.9 Å². The molecule has 1 N–H and O–H groups in total. The largest absolute Gasteiger partial charge is 0.573 e. The lowest BCUT2D eigenvalue weighted by molar-refractivity contribution is -0.274. The van der Waals surface area contributed by atoms with E-state index in [4.69, 9.17) is 4.74 Å². The van der Waals surface area contributed by atoms with Gasteiger partial charge in [-0.05, 0) is 35.2 Å². The van der Waals surface area contributed by atoms with Gasteiger partial charge in [0.05, 0.1) is 6.61 Å². The minimum Gasteiger partial charge on any atom is -0.450 e. The van der Waals surface area contributed by atoms with Crippen LogP contribution in [0.1, 0.15) is 31.7 Å². The molecule has 0 saturated heterocycles. The zero-order valence-corrected chi connectivity index (χ0v) is 15.0. The Morgan fingerprint density at radius 1 is 0.963 bits per heavy atom. The van der Waals surface area contributed by atoms with Crippen LogP contribution in [0.2, 0.25) is 0 Å². The van der Waals surface area contributed by atoms with E-state index in [9.17, 15) is 18.0 Å². The van der Waals surface area contributed by atoms with Gasteiger partial charge in [0.15, 0.2) is 0 Å². The molecule has 27 heavy (non-hydrogen) atoms. The van der Waals surface area contributed by atoms with Crippen molar-refractivity contribution in [1.29, 1.82) is 0 Å². The zero-order valence-electron chi connectivity index (χ0n) is 15.0. The van der Waals surface area contributed by atoms with E-state index < -0.39 is 12.5 Å². The van der Waals surface area contributed by atoms with Crippen molar-refractivity contribution in [1.82, 2.24) is 5.32 Å². The van der Waals surface area contributed by atoms with Gasteiger partial charge in [-0.2, -0.15) is 0 Å². The van der Waals surface area contributed by atoms with Crippen molar-refractivity contribution in [3.63, 3.8) is 0 Å². The van der Waals surface area contributed by atoms with Crippen LogP contribution in [-0.4, -0.2) is 19.1 Å². The minimum atomic E-state index is -4.70. The molecule has 0 spiro atoms. The Hall–Kier alpha value is -2.70. The molecule has 2 rings (SSSR count). The fraction of sp³-hybridized carbons (Fsp3) is 0.350. The summed E-state index contributed by atoms with van der Waals surface area (Å²) in [6.45, 7) is 2.83. The molecule has 0 bridgehead atoms. The molecule has 0 heterocycles. The van der Waals surface area contributed by atoms with Crippen molar-refractivity contribution < 1.29 is 27.4 Å². The Kier molecular flexibility index (Phi) is 7.52. The number of unbranched alkanes of at least 4 members (excludes halogenated alkanes) is 2. The van der Waals surface area contributed by atoms with Crippen molar-refractivity contribution in [3.05, 3.63) is 54.1 Å². The summed E-state index contributed by atoms with van der Waals surface area (Å²) in [7, 11) is 0. The van der Waals surface area contributed by atoms with E-state index in [-0.39, 0.29) is 5.75 Å². The summed E-state index contributed by atoms with van der Waals surface area (Å²) >= 11 is 0. The highest BCUT2D eigenvalue weighted by Gasteiger charge is 2.30. The Morgan fingerprint density at radius 3 is 2.11 bits per heavy atom. The van der Waals surface area contributed by atoms with Crippen LogP contribution in [0.5, 0.6) is 5.75 Å². The Labute approximate surface area is 156 Å². The molecule has 146 valence electrons. The molecule has 0 radical (unpaired) electrons. The van der Waals surface area contributed by atoms with E-state index in [1.165, 1.54) is 12.1 Å². The molecule has 2 aromatic rings. The summed E-state index contributed by atoms with van der Waals surface area (Å²) in [5.74, 6) is -0.260. The van der Waals surface area contributed by atoms with Gasteiger partial charge < -0.3 is 14.8 Å². The number of halogens is 3. The number of alkyl halides is 3. The lowest BCUT2D eigenvalue weighted by Crippen LogP contribution is -2.24. The first kappa shape index (κ1) is 20.6. The average molecular weight is 381 g/mol. The lowest BCUT2D eigenvalue weighted by Gasteiger charge is -2.10. The van der Waals surface area contributed by atoms with Crippen LogP contribution in [0.25, 0.3) is 11.1 Å². The normalized spacial score (nSPS) is 11.1. The maximum absolute atomic E-state index is 12.2. The minimum absolute atomic E-state index is 0.260. The van der Waals surface area contributed by atoms with E-state index in [2.05, 4.69) is 17.0 Å². The number of nitrogens with one attached hydrogen (secondary N) is 1. The number of carbonyl (C=O) groups is 1. The third-order valence-electron chi connectivity index (χ3n) is 3.79. The summed E-state index contributed by atoms with van der Waals surface area (Å²) in [6.07, 6.45) is -2.21. The number of hydrogen-bond donors (Lipinski definition) is 1. The Bertz CT molecular complexity index is 713. The van der Waals surface area contributed by atoms with E-state index in [0.717, 1.165) is 36.0 Å². The van der Waals surface area contributed by atoms with Crippen molar-refractivity contribution in [2.45, 2.75) is 39.1 Å².